The van der Waals surface area contributed by atoms with Gasteiger partial charge < -0.3 is 4.42 Å². The summed E-state index contributed by atoms with van der Waals surface area (Å²) >= 11 is 0. The fourth-order valence-corrected chi connectivity index (χ4v) is 4.32. The fraction of sp³-hybridized carbons (Fsp3) is 0.120. The summed E-state index contributed by atoms with van der Waals surface area (Å²) < 4.78 is 21.0. The van der Waals surface area contributed by atoms with Crippen molar-refractivity contribution in [2.75, 3.05) is 0 Å². The molecule has 7 heteroatoms. The Balaban J connectivity index is 1.50. The lowest BCUT2D eigenvalue weighted by Crippen LogP contribution is -2.32. The number of nitrogens with zero attached hydrogens (tertiary/aromatic N) is 5. The normalized spacial score (nSPS) is 18.7. The minimum Gasteiger partial charge on any atom is -0.456 e. The number of halogens is 1. The quantitative estimate of drug-likeness (QED) is 0.373. The minimum atomic E-state index is -0.824. The van der Waals surface area contributed by atoms with Crippen molar-refractivity contribution in [1.29, 1.82) is 0 Å². The molecule has 6 rings (SSSR count). The second-order valence-corrected chi connectivity index (χ2v) is 8.12. The Morgan fingerprint density at radius 2 is 1.84 bits per heavy atom. The standard InChI is InChI=1S/C25H18FN5O/c1-25(31-29-24(28-30-31)20-9-4-5-12-27-20)14-16(13-17(26)15-25)18-8-6-11-22-23(18)19-7-2-3-10-21(19)32-22/h2-14H,15H2,1H3. The van der Waals surface area contributed by atoms with Gasteiger partial charge >= 0.3 is 0 Å². The van der Waals surface area contributed by atoms with Crippen LogP contribution in [0.1, 0.15) is 18.9 Å². The molecule has 0 spiro atoms. The summed E-state index contributed by atoms with van der Waals surface area (Å²) in [5.74, 6) is 0.158. The molecule has 6 nitrogen and oxygen atoms in total. The lowest BCUT2D eigenvalue weighted by molar-refractivity contribution is 0.295. The van der Waals surface area contributed by atoms with Crippen LogP contribution in [0.5, 0.6) is 0 Å². The fourth-order valence-electron chi connectivity index (χ4n) is 4.32. The predicted molar refractivity (Wildman–Crippen MR) is 120 cm³/mol. The molecule has 0 saturated carbocycles. The van der Waals surface area contributed by atoms with Crippen molar-refractivity contribution < 1.29 is 8.81 Å². The molecular formula is C25H18FN5O. The zero-order valence-corrected chi connectivity index (χ0v) is 17.2. The van der Waals surface area contributed by atoms with E-state index in [-0.39, 0.29) is 12.2 Å². The first-order valence-electron chi connectivity index (χ1n) is 10.3. The van der Waals surface area contributed by atoms with Gasteiger partial charge in [-0.15, -0.1) is 10.2 Å². The largest absolute Gasteiger partial charge is 0.456 e. The van der Waals surface area contributed by atoms with Crippen molar-refractivity contribution in [3.8, 4) is 11.5 Å². The Morgan fingerprint density at radius 3 is 2.72 bits per heavy atom. The van der Waals surface area contributed by atoms with Crippen LogP contribution >= 0.6 is 0 Å². The van der Waals surface area contributed by atoms with E-state index < -0.39 is 5.54 Å². The van der Waals surface area contributed by atoms with E-state index in [4.69, 9.17) is 4.42 Å². The molecule has 156 valence electrons. The van der Waals surface area contributed by atoms with Crippen molar-refractivity contribution in [2.24, 2.45) is 0 Å². The van der Waals surface area contributed by atoms with Crippen LogP contribution in [0.4, 0.5) is 4.39 Å². The summed E-state index contributed by atoms with van der Waals surface area (Å²) in [6.07, 6.45) is 5.39. The van der Waals surface area contributed by atoms with Crippen molar-refractivity contribution in [2.45, 2.75) is 18.9 Å². The maximum absolute atomic E-state index is 15.0. The minimum absolute atomic E-state index is 0.136. The summed E-state index contributed by atoms with van der Waals surface area (Å²) in [5, 5.41) is 14.9. The Kier molecular flexibility index (Phi) is 4.04. The van der Waals surface area contributed by atoms with Gasteiger partial charge in [0.1, 0.15) is 28.2 Å². The number of hydrogen-bond donors (Lipinski definition) is 0. The zero-order valence-electron chi connectivity index (χ0n) is 17.2. The molecule has 2 aromatic carbocycles. The molecule has 0 radical (unpaired) electrons. The third kappa shape index (κ3) is 2.93. The highest BCUT2D eigenvalue weighted by Crippen LogP contribution is 2.40. The Bertz CT molecular complexity index is 1530. The van der Waals surface area contributed by atoms with Crippen LogP contribution in [0, 0.1) is 0 Å². The topological polar surface area (TPSA) is 69.6 Å². The number of benzene rings is 2. The number of allylic oxidation sites excluding steroid dienone is 4. The lowest BCUT2D eigenvalue weighted by atomic mass is 9.86. The van der Waals surface area contributed by atoms with Gasteiger partial charge in [0.15, 0.2) is 0 Å². The van der Waals surface area contributed by atoms with Crippen LogP contribution in [-0.4, -0.2) is 25.2 Å². The highest BCUT2D eigenvalue weighted by atomic mass is 19.1. The Labute approximate surface area is 182 Å². The molecule has 1 aliphatic rings. The van der Waals surface area contributed by atoms with E-state index in [2.05, 4.69) is 20.4 Å². The van der Waals surface area contributed by atoms with E-state index in [1.165, 1.54) is 4.80 Å². The zero-order chi connectivity index (χ0) is 21.7. The molecule has 3 aromatic heterocycles. The number of rotatable bonds is 3. The molecule has 0 saturated heterocycles. The summed E-state index contributed by atoms with van der Waals surface area (Å²) in [7, 11) is 0. The van der Waals surface area contributed by atoms with Gasteiger partial charge in [-0.25, -0.2) is 4.39 Å². The van der Waals surface area contributed by atoms with E-state index in [1.54, 1.807) is 12.3 Å². The molecule has 5 aromatic rings. The number of tetrazole rings is 1. The van der Waals surface area contributed by atoms with Gasteiger partial charge in [-0.3, -0.25) is 4.98 Å². The molecule has 1 unspecified atom stereocenters. The third-order valence-corrected chi connectivity index (χ3v) is 5.78. The summed E-state index contributed by atoms with van der Waals surface area (Å²) in [4.78, 5) is 5.74. The Morgan fingerprint density at radius 1 is 1.00 bits per heavy atom. The van der Waals surface area contributed by atoms with Crippen LogP contribution in [0.15, 0.2) is 89.3 Å². The summed E-state index contributed by atoms with van der Waals surface area (Å²) in [6.45, 7) is 1.90. The van der Waals surface area contributed by atoms with Gasteiger partial charge in [0.05, 0.1) is 0 Å². The van der Waals surface area contributed by atoms with Crippen molar-refractivity contribution in [3.63, 3.8) is 0 Å². The summed E-state index contributed by atoms with van der Waals surface area (Å²) in [6, 6.07) is 19.2. The van der Waals surface area contributed by atoms with Gasteiger partial charge in [-0.05, 0) is 59.7 Å². The molecule has 1 atom stereocenters. The van der Waals surface area contributed by atoms with Gasteiger partial charge in [0.25, 0.3) is 0 Å². The maximum Gasteiger partial charge on any atom is 0.223 e. The number of para-hydroxylation sites is 1. The first-order chi connectivity index (χ1) is 15.6. The van der Waals surface area contributed by atoms with Gasteiger partial charge in [-0.2, -0.15) is 4.80 Å². The third-order valence-electron chi connectivity index (χ3n) is 5.78. The number of fused-ring (bicyclic) bond motifs is 3. The van der Waals surface area contributed by atoms with E-state index in [0.29, 0.717) is 11.5 Å². The molecule has 0 bridgehead atoms. The van der Waals surface area contributed by atoms with Crippen LogP contribution in [0.2, 0.25) is 0 Å². The summed E-state index contributed by atoms with van der Waals surface area (Å²) in [5.41, 5.74) is 3.02. The van der Waals surface area contributed by atoms with Crippen molar-refractivity contribution >= 4 is 27.5 Å². The van der Waals surface area contributed by atoms with Gasteiger partial charge in [0.2, 0.25) is 5.82 Å². The maximum atomic E-state index is 15.0. The van der Waals surface area contributed by atoms with Gasteiger partial charge in [-0.1, -0.05) is 36.4 Å². The second-order valence-electron chi connectivity index (χ2n) is 8.12. The highest BCUT2D eigenvalue weighted by Gasteiger charge is 2.33. The van der Waals surface area contributed by atoms with Crippen LogP contribution in [0.25, 0.3) is 39.0 Å². The van der Waals surface area contributed by atoms with E-state index in [9.17, 15) is 4.39 Å². The monoisotopic (exact) mass is 423 g/mol. The molecule has 0 N–H and O–H groups in total. The second kappa shape index (κ2) is 6.95. The van der Waals surface area contributed by atoms with Crippen LogP contribution < -0.4 is 0 Å². The van der Waals surface area contributed by atoms with Crippen molar-refractivity contribution in [3.05, 3.63) is 90.4 Å². The number of aromatic nitrogens is 5. The SMILES string of the molecule is CC1(n2nnc(-c3ccccn3)n2)C=C(c2cccc3oc4ccccc4c23)C=C(F)C1. The first kappa shape index (κ1) is 18.6. The number of hydrogen-bond acceptors (Lipinski definition) is 5. The molecule has 1 aliphatic carbocycles. The smallest absolute Gasteiger partial charge is 0.223 e. The molecule has 0 aliphatic heterocycles. The average molecular weight is 423 g/mol. The predicted octanol–water partition coefficient (Wildman–Crippen LogP) is 5.69. The van der Waals surface area contributed by atoms with Crippen LogP contribution in [0.3, 0.4) is 0 Å². The average Bonchev–Trinajstić information content (AvgIpc) is 3.45. The van der Waals surface area contributed by atoms with Crippen molar-refractivity contribution in [1.82, 2.24) is 25.2 Å². The Hall–Kier alpha value is -4.13. The molecule has 3 heterocycles. The van der Waals surface area contributed by atoms with E-state index in [1.807, 2.05) is 73.7 Å². The number of furan rings is 1. The van der Waals surface area contributed by atoms with Gasteiger partial charge in [0, 0.05) is 23.4 Å². The molecule has 0 amide bonds. The molecular weight excluding hydrogens is 405 g/mol. The van der Waals surface area contributed by atoms with Crippen LogP contribution in [-0.2, 0) is 5.54 Å². The molecule has 32 heavy (non-hydrogen) atoms. The van der Waals surface area contributed by atoms with E-state index in [0.717, 1.165) is 33.1 Å². The first-order valence-corrected chi connectivity index (χ1v) is 10.3. The number of pyridine rings is 1. The highest BCUT2D eigenvalue weighted by molar-refractivity contribution is 6.11. The molecule has 0 fully saturated rings. The lowest BCUT2D eigenvalue weighted by Gasteiger charge is -2.28. The van der Waals surface area contributed by atoms with E-state index >= 15 is 0 Å².